The molecule has 6 rings (SSSR count). The summed E-state index contributed by atoms with van der Waals surface area (Å²) < 4.78 is 12.0. The summed E-state index contributed by atoms with van der Waals surface area (Å²) in [5, 5.41) is -0.0742. The number of alkyl halides is 1. The Morgan fingerprint density at radius 2 is 1.08 bits per heavy atom. The molecule has 0 unspecified atom stereocenters. The molecule has 2 aliphatic heterocycles. The van der Waals surface area contributed by atoms with Crippen molar-refractivity contribution < 1.29 is 70.4 Å². The minimum atomic E-state index is -0.250. The maximum Gasteiger partial charge on any atom is 1.00 e. The molecule has 2 fully saturated rings. The van der Waals surface area contributed by atoms with Gasteiger partial charge in [0, 0.05) is 51.3 Å². The maximum atomic E-state index is 11.7. The van der Waals surface area contributed by atoms with E-state index in [1.807, 2.05) is 30.3 Å². The number of hydrogen-bond acceptors (Lipinski definition) is 8. The van der Waals surface area contributed by atoms with Gasteiger partial charge in [0.25, 0.3) is 0 Å². The molecule has 10 heteroatoms. The summed E-state index contributed by atoms with van der Waals surface area (Å²) in [7, 11) is 0. The van der Waals surface area contributed by atoms with Crippen molar-refractivity contribution in [3.8, 4) is 0 Å². The number of thioether (sulfide) groups is 1. The number of hydrogen-bond donors (Lipinski definition) is 0. The van der Waals surface area contributed by atoms with Gasteiger partial charge in [-0.1, -0.05) is 156 Å². The molecule has 2 aliphatic rings. The molecule has 0 amide bonds. The van der Waals surface area contributed by atoms with Crippen molar-refractivity contribution in [3.63, 3.8) is 0 Å². The number of morpholine rings is 2. The molecular formula is C41H50BrKN2O4S2. The Morgan fingerprint density at radius 1 is 0.706 bits per heavy atom. The van der Waals surface area contributed by atoms with Crippen LogP contribution in [0.5, 0.6) is 0 Å². The monoisotopic (exact) mass is 816 g/mol. The van der Waals surface area contributed by atoms with Gasteiger partial charge in [-0.05, 0) is 29.2 Å². The van der Waals surface area contributed by atoms with Crippen LogP contribution >= 0.6 is 27.7 Å². The van der Waals surface area contributed by atoms with Crippen molar-refractivity contribution in [2.24, 2.45) is 0 Å². The third-order valence-corrected chi connectivity index (χ3v) is 10.3. The molecule has 268 valence electrons. The summed E-state index contributed by atoms with van der Waals surface area (Å²) >= 11 is 9.17. The summed E-state index contributed by atoms with van der Waals surface area (Å²) in [5.74, 6) is 0. The van der Waals surface area contributed by atoms with Crippen molar-refractivity contribution >= 4 is 50.6 Å². The van der Waals surface area contributed by atoms with Crippen LogP contribution in [0.15, 0.2) is 121 Å². The smallest absolute Gasteiger partial charge is 0.742 e. The van der Waals surface area contributed by atoms with E-state index in [4.69, 9.17) is 9.47 Å². The molecule has 0 aliphatic carbocycles. The van der Waals surface area contributed by atoms with E-state index in [2.05, 4.69) is 129 Å². The molecule has 2 heterocycles. The van der Waals surface area contributed by atoms with E-state index in [-0.39, 0.29) is 91.3 Å². The predicted molar refractivity (Wildman–Crippen MR) is 213 cm³/mol. The average molecular weight is 818 g/mol. The number of halogens is 1. The van der Waals surface area contributed by atoms with Crippen LogP contribution in [0.3, 0.4) is 0 Å². The fraction of sp³-hybridized carbons (Fsp3) is 0.366. The zero-order valence-electron chi connectivity index (χ0n) is 29.2. The molecule has 0 N–H and O–H groups in total. The molecule has 4 atom stereocenters. The SMILES string of the molecule is Br[C@H](c1ccccc1)[C@@H]1CN(Cc2ccccc2)CCO1.C.CC(=O)S[C@@H](c1ccccc1)[C@@H]1CN(Cc2ccccc2)CCO1.CC(=O)[S-].[K+]. The third-order valence-electron chi connectivity index (χ3n) is 8.06. The van der Waals surface area contributed by atoms with Crippen LogP contribution in [0.4, 0.5) is 0 Å². The number of carbonyl (C=O) groups is 2. The number of nitrogens with zero attached hydrogens (tertiary/aromatic N) is 2. The first kappa shape index (κ1) is 45.9. The standard InChI is InChI=1S/C20H23NO2S.C18H20BrNO.C2H4OS.CH4.K/c1-16(22)24-20(18-10-6-3-7-11-18)19-15-21(12-13-23-19)14-17-8-4-2-5-9-17;19-18(16-9-5-2-6-10-16)17-14-20(11-12-21-17)13-15-7-3-1-4-8-15;1-2(3)4;;/h2-11,19-20H,12-15H2,1H3;1-10,17-18H,11-14H2;1H3,(H,3,4);1H4;/q;;;;+1/p-1/t19-,20-;17-,18+;;;/m00.../s1. The van der Waals surface area contributed by atoms with E-state index in [1.165, 1.54) is 35.4 Å². The minimum absolute atomic E-state index is 0. The second-order valence-electron chi connectivity index (χ2n) is 12.0. The van der Waals surface area contributed by atoms with Gasteiger partial charge in [-0.25, -0.2) is 0 Å². The Morgan fingerprint density at radius 3 is 1.51 bits per heavy atom. The van der Waals surface area contributed by atoms with Gasteiger partial charge >= 0.3 is 51.4 Å². The van der Waals surface area contributed by atoms with E-state index in [1.54, 1.807) is 6.92 Å². The van der Waals surface area contributed by atoms with Gasteiger partial charge < -0.3 is 26.9 Å². The van der Waals surface area contributed by atoms with Crippen molar-refractivity contribution in [3.05, 3.63) is 144 Å². The van der Waals surface area contributed by atoms with Gasteiger partial charge in [0.1, 0.15) is 0 Å². The Kier molecular flexibility index (Phi) is 23.1. The molecule has 51 heavy (non-hydrogen) atoms. The van der Waals surface area contributed by atoms with Crippen LogP contribution in [0.1, 0.15) is 53.6 Å². The predicted octanol–water partition coefficient (Wildman–Crippen LogP) is 5.65. The van der Waals surface area contributed by atoms with Crippen molar-refractivity contribution in [1.82, 2.24) is 9.80 Å². The molecule has 0 radical (unpaired) electrons. The quantitative estimate of drug-likeness (QED) is 0.122. The third kappa shape index (κ3) is 17.2. The van der Waals surface area contributed by atoms with Gasteiger partial charge in [-0.2, -0.15) is 0 Å². The fourth-order valence-corrected chi connectivity index (χ4v) is 7.42. The summed E-state index contributed by atoms with van der Waals surface area (Å²) in [4.78, 5) is 26.1. The molecule has 4 aromatic rings. The van der Waals surface area contributed by atoms with Crippen LogP contribution < -0.4 is 51.4 Å². The van der Waals surface area contributed by atoms with Crippen molar-refractivity contribution in [2.75, 3.05) is 39.4 Å². The molecule has 4 aromatic carbocycles. The van der Waals surface area contributed by atoms with E-state index in [0.717, 1.165) is 51.4 Å². The largest absolute Gasteiger partial charge is 1.00 e. The van der Waals surface area contributed by atoms with Crippen LogP contribution in [0.2, 0.25) is 0 Å². The Balaban J connectivity index is 0.000000311. The Labute approximate surface area is 366 Å². The topological polar surface area (TPSA) is 59.1 Å². The summed E-state index contributed by atoms with van der Waals surface area (Å²) in [6, 6.07) is 41.9. The molecule has 6 nitrogen and oxygen atoms in total. The van der Waals surface area contributed by atoms with Gasteiger partial charge in [-0.15, -0.1) is 0 Å². The van der Waals surface area contributed by atoms with Crippen LogP contribution in [-0.4, -0.2) is 71.6 Å². The molecule has 0 spiro atoms. The van der Waals surface area contributed by atoms with E-state index < -0.39 is 0 Å². The van der Waals surface area contributed by atoms with Gasteiger partial charge in [-0.3, -0.25) is 14.6 Å². The molecule has 0 saturated carbocycles. The first-order valence-electron chi connectivity index (χ1n) is 16.6. The summed E-state index contributed by atoms with van der Waals surface area (Å²) in [6.45, 7) is 10.1. The van der Waals surface area contributed by atoms with Crippen LogP contribution in [0.25, 0.3) is 0 Å². The summed E-state index contributed by atoms with van der Waals surface area (Å²) in [6.07, 6.45) is 0.226. The minimum Gasteiger partial charge on any atom is -0.742 e. The Bertz CT molecular complexity index is 1520. The molecule has 0 bridgehead atoms. The molecular weight excluding hydrogens is 768 g/mol. The van der Waals surface area contributed by atoms with Crippen molar-refractivity contribution in [2.45, 2.75) is 56.6 Å². The van der Waals surface area contributed by atoms with Gasteiger partial charge in [0.15, 0.2) is 5.12 Å². The average Bonchev–Trinajstić information content (AvgIpc) is 3.12. The van der Waals surface area contributed by atoms with Crippen LogP contribution in [0, 0.1) is 0 Å². The summed E-state index contributed by atoms with van der Waals surface area (Å²) in [5.41, 5.74) is 5.12. The maximum absolute atomic E-state index is 11.7. The molecule has 0 aromatic heterocycles. The first-order valence-corrected chi connectivity index (χ1v) is 18.8. The number of ether oxygens (including phenoxy) is 2. The van der Waals surface area contributed by atoms with E-state index >= 15 is 0 Å². The zero-order valence-corrected chi connectivity index (χ0v) is 35.6. The van der Waals surface area contributed by atoms with Crippen LogP contribution in [-0.2, 0) is 44.8 Å². The second kappa shape index (κ2) is 25.7. The second-order valence-corrected chi connectivity index (χ2v) is 14.9. The van der Waals surface area contributed by atoms with Gasteiger partial charge in [0.2, 0.25) is 0 Å². The van der Waals surface area contributed by atoms with E-state index in [0.29, 0.717) is 6.61 Å². The van der Waals surface area contributed by atoms with E-state index in [9.17, 15) is 9.59 Å². The normalized spacial score (nSPS) is 18.5. The number of carbonyl (C=O) groups excluding carboxylic acids is 2. The number of benzene rings is 4. The first-order chi connectivity index (χ1) is 23.8. The van der Waals surface area contributed by atoms with Gasteiger partial charge in [0.05, 0.1) is 35.5 Å². The Hall–Kier alpha value is -1.25. The molecule has 2 saturated heterocycles. The zero-order chi connectivity index (χ0) is 34.8. The fourth-order valence-electron chi connectivity index (χ4n) is 5.83. The number of rotatable bonds is 9. The van der Waals surface area contributed by atoms with Crippen molar-refractivity contribution in [1.29, 1.82) is 0 Å².